The molecule has 1 saturated carbocycles. The van der Waals surface area contributed by atoms with Gasteiger partial charge in [-0.3, -0.25) is 4.90 Å². The topological polar surface area (TPSA) is 28.2 Å². The third-order valence-electron chi connectivity index (χ3n) is 3.40. The van der Waals surface area contributed by atoms with Crippen molar-refractivity contribution in [3.8, 4) is 0 Å². The summed E-state index contributed by atoms with van der Waals surface area (Å²) in [5, 5.41) is 6.90. The number of nitrogens with one attached hydrogen (secondary N) is 1. The quantitative estimate of drug-likeness (QED) is 0.809. The monoisotopic (exact) mass is 253 g/mol. The third-order valence-corrected chi connectivity index (χ3v) is 4.23. The summed E-state index contributed by atoms with van der Waals surface area (Å²) in [5.74, 6) is 0. The van der Waals surface area contributed by atoms with Crippen LogP contribution in [-0.2, 0) is 6.54 Å². The molecule has 1 unspecified atom stereocenters. The molecule has 0 radical (unpaired) electrons. The second kappa shape index (κ2) is 5.94. The fourth-order valence-electron chi connectivity index (χ4n) is 1.90. The number of nitrogens with zero attached hydrogens (tertiary/aromatic N) is 2. The van der Waals surface area contributed by atoms with Gasteiger partial charge >= 0.3 is 0 Å². The molecule has 2 rings (SSSR count). The van der Waals surface area contributed by atoms with E-state index in [0.717, 1.165) is 24.1 Å². The number of aromatic nitrogens is 1. The van der Waals surface area contributed by atoms with Crippen molar-refractivity contribution in [3.05, 3.63) is 16.1 Å². The van der Waals surface area contributed by atoms with Crippen molar-refractivity contribution in [3.63, 3.8) is 0 Å². The maximum Gasteiger partial charge on any atom is 0.0897 e. The zero-order chi connectivity index (χ0) is 12.3. The summed E-state index contributed by atoms with van der Waals surface area (Å²) in [6.45, 7) is 6.48. The van der Waals surface area contributed by atoms with Crippen molar-refractivity contribution >= 4 is 11.3 Å². The molecule has 1 N–H and O–H groups in total. The molecule has 4 heteroatoms. The Morgan fingerprint density at radius 1 is 1.59 bits per heavy atom. The van der Waals surface area contributed by atoms with Gasteiger partial charge < -0.3 is 5.32 Å². The van der Waals surface area contributed by atoms with Gasteiger partial charge in [-0.25, -0.2) is 4.98 Å². The van der Waals surface area contributed by atoms with Crippen LogP contribution in [0, 0.1) is 6.92 Å². The minimum atomic E-state index is 0.614. The lowest BCUT2D eigenvalue weighted by Gasteiger charge is -2.24. The van der Waals surface area contributed by atoms with E-state index < -0.39 is 0 Å². The fraction of sp³-hybridized carbons (Fsp3) is 0.769. The van der Waals surface area contributed by atoms with Crippen LogP contribution in [0.1, 0.15) is 36.9 Å². The maximum atomic E-state index is 4.51. The minimum absolute atomic E-state index is 0.614. The molecule has 1 heterocycles. The second-order valence-corrected chi connectivity index (χ2v) is 6.20. The van der Waals surface area contributed by atoms with E-state index in [2.05, 4.69) is 41.5 Å². The molecular weight excluding hydrogens is 230 g/mol. The highest BCUT2D eigenvalue weighted by Gasteiger charge is 2.20. The molecule has 0 amide bonds. The van der Waals surface area contributed by atoms with E-state index in [-0.39, 0.29) is 0 Å². The molecule has 96 valence electrons. The Kier molecular flexibility index (Phi) is 4.54. The highest BCUT2D eigenvalue weighted by Crippen LogP contribution is 2.18. The third kappa shape index (κ3) is 4.37. The smallest absolute Gasteiger partial charge is 0.0897 e. The zero-order valence-electron chi connectivity index (χ0n) is 11.1. The van der Waals surface area contributed by atoms with Gasteiger partial charge in [0.05, 0.1) is 10.7 Å². The molecule has 1 aromatic heterocycles. The van der Waals surface area contributed by atoms with E-state index in [0.29, 0.717) is 6.04 Å². The number of rotatable bonds is 7. The summed E-state index contributed by atoms with van der Waals surface area (Å²) in [6.07, 6.45) is 3.97. The second-order valence-electron chi connectivity index (χ2n) is 5.14. The van der Waals surface area contributed by atoms with Crippen LogP contribution in [0.4, 0.5) is 0 Å². The number of hydrogen-bond donors (Lipinski definition) is 1. The average Bonchev–Trinajstić information content (AvgIpc) is 3.02. The Labute approximate surface area is 108 Å². The minimum Gasteiger partial charge on any atom is -0.314 e. The van der Waals surface area contributed by atoms with Crippen LogP contribution in [0.2, 0.25) is 0 Å². The molecule has 1 aliphatic carbocycles. The largest absolute Gasteiger partial charge is 0.314 e. The standard InChI is InChI=1S/C13H23N3S/c1-10(6-7-14-12-4-5-12)16(3)8-13-9-17-11(2)15-13/h9-10,12,14H,4-8H2,1-3H3. The lowest BCUT2D eigenvalue weighted by Crippen LogP contribution is -2.32. The normalized spacial score (nSPS) is 17.6. The van der Waals surface area contributed by atoms with Crippen LogP contribution >= 0.6 is 11.3 Å². The SMILES string of the molecule is Cc1nc(CN(C)C(C)CCNC2CC2)cs1. The molecule has 0 spiro atoms. The van der Waals surface area contributed by atoms with Crippen molar-refractivity contribution in [1.82, 2.24) is 15.2 Å². The van der Waals surface area contributed by atoms with Gasteiger partial charge in [0.25, 0.3) is 0 Å². The van der Waals surface area contributed by atoms with Gasteiger partial charge in [-0.2, -0.15) is 0 Å². The summed E-state index contributed by atoms with van der Waals surface area (Å²) in [5.41, 5.74) is 1.21. The van der Waals surface area contributed by atoms with Crippen LogP contribution in [0.15, 0.2) is 5.38 Å². The molecule has 3 nitrogen and oxygen atoms in total. The Balaban J connectivity index is 1.68. The van der Waals surface area contributed by atoms with Gasteiger partial charge in [-0.05, 0) is 46.7 Å². The molecule has 0 aliphatic heterocycles. The van der Waals surface area contributed by atoms with Crippen molar-refractivity contribution in [1.29, 1.82) is 0 Å². The van der Waals surface area contributed by atoms with Gasteiger partial charge in [-0.1, -0.05) is 0 Å². The van der Waals surface area contributed by atoms with E-state index in [9.17, 15) is 0 Å². The molecule has 17 heavy (non-hydrogen) atoms. The Morgan fingerprint density at radius 2 is 2.35 bits per heavy atom. The first-order valence-corrected chi connectivity index (χ1v) is 7.37. The van der Waals surface area contributed by atoms with E-state index in [1.165, 1.54) is 25.0 Å². The zero-order valence-corrected chi connectivity index (χ0v) is 11.9. The van der Waals surface area contributed by atoms with Gasteiger partial charge in [0, 0.05) is 24.0 Å². The summed E-state index contributed by atoms with van der Waals surface area (Å²) in [4.78, 5) is 6.90. The molecule has 1 fully saturated rings. The first-order chi connectivity index (χ1) is 8.15. The fourth-order valence-corrected chi connectivity index (χ4v) is 2.50. The summed E-state index contributed by atoms with van der Waals surface area (Å²) < 4.78 is 0. The first-order valence-electron chi connectivity index (χ1n) is 6.50. The predicted molar refractivity (Wildman–Crippen MR) is 73.4 cm³/mol. The number of thiazole rings is 1. The summed E-state index contributed by atoms with van der Waals surface area (Å²) >= 11 is 1.74. The Bertz CT molecular complexity index is 346. The lowest BCUT2D eigenvalue weighted by atomic mass is 10.2. The van der Waals surface area contributed by atoms with Crippen LogP contribution < -0.4 is 5.32 Å². The van der Waals surface area contributed by atoms with Crippen molar-refractivity contribution < 1.29 is 0 Å². The predicted octanol–water partition coefficient (Wildman–Crippen LogP) is 2.41. The van der Waals surface area contributed by atoms with Crippen LogP contribution in [0.5, 0.6) is 0 Å². The molecule has 1 atom stereocenters. The molecule has 0 saturated heterocycles. The van der Waals surface area contributed by atoms with E-state index in [4.69, 9.17) is 0 Å². The highest BCUT2D eigenvalue weighted by molar-refractivity contribution is 7.09. The number of aryl methyl sites for hydroxylation is 1. The highest BCUT2D eigenvalue weighted by atomic mass is 32.1. The van der Waals surface area contributed by atoms with Gasteiger partial charge in [-0.15, -0.1) is 11.3 Å². The van der Waals surface area contributed by atoms with Gasteiger partial charge in [0.1, 0.15) is 0 Å². The van der Waals surface area contributed by atoms with Crippen molar-refractivity contribution in [2.45, 2.75) is 51.7 Å². The van der Waals surface area contributed by atoms with Crippen LogP contribution in [0.25, 0.3) is 0 Å². The van der Waals surface area contributed by atoms with E-state index >= 15 is 0 Å². The van der Waals surface area contributed by atoms with E-state index in [1.807, 2.05) is 0 Å². The van der Waals surface area contributed by atoms with Crippen LogP contribution in [0.3, 0.4) is 0 Å². The van der Waals surface area contributed by atoms with Crippen molar-refractivity contribution in [2.24, 2.45) is 0 Å². The first kappa shape index (κ1) is 13.0. The van der Waals surface area contributed by atoms with Crippen molar-refractivity contribution in [2.75, 3.05) is 13.6 Å². The van der Waals surface area contributed by atoms with Crippen LogP contribution in [-0.4, -0.2) is 35.6 Å². The molecular formula is C13H23N3S. The number of hydrogen-bond acceptors (Lipinski definition) is 4. The summed E-state index contributed by atoms with van der Waals surface area (Å²) in [6, 6.07) is 1.44. The Morgan fingerprint density at radius 3 is 2.94 bits per heavy atom. The maximum absolute atomic E-state index is 4.51. The lowest BCUT2D eigenvalue weighted by molar-refractivity contribution is 0.234. The summed E-state index contributed by atoms with van der Waals surface area (Å²) in [7, 11) is 2.19. The average molecular weight is 253 g/mol. The molecule has 1 aromatic rings. The molecule has 0 aromatic carbocycles. The van der Waals surface area contributed by atoms with Gasteiger partial charge in [0.2, 0.25) is 0 Å². The van der Waals surface area contributed by atoms with Gasteiger partial charge in [0.15, 0.2) is 0 Å². The van der Waals surface area contributed by atoms with E-state index in [1.54, 1.807) is 11.3 Å². The molecule has 1 aliphatic rings. The Hall–Kier alpha value is -0.450. The molecule has 0 bridgehead atoms.